The third-order valence-electron chi connectivity index (χ3n) is 1.95. The zero-order valence-corrected chi connectivity index (χ0v) is 9.97. The number of nitrogens with zero attached hydrogens (tertiary/aromatic N) is 2. The molecule has 0 aliphatic heterocycles. The number of hydrogen-bond acceptors (Lipinski definition) is 5. The van der Waals surface area contributed by atoms with E-state index in [1.165, 1.54) is 6.33 Å². The van der Waals surface area contributed by atoms with E-state index in [0.29, 0.717) is 18.1 Å². The number of anilines is 1. The highest BCUT2D eigenvalue weighted by atomic mass is 16.5. The Morgan fingerprint density at radius 3 is 2.75 bits per heavy atom. The molecule has 0 bridgehead atoms. The zero-order chi connectivity index (χ0) is 12.0. The molecular weight excluding hydrogens is 206 g/mol. The summed E-state index contributed by atoms with van der Waals surface area (Å²) in [6.07, 6.45) is 2.24. The smallest absolute Gasteiger partial charge is 0.218 e. The first-order chi connectivity index (χ1) is 7.61. The van der Waals surface area contributed by atoms with Gasteiger partial charge in [-0.05, 0) is 27.2 Å². The first-order valence-electron chi connectivity index (χ1n) is 5.48. The molecule has 0 aliphatic carbocycles. The number of rotatable bonds is 6. The maximum Gasteiger partial charge on any atom is 0.218 e. The molecule has 1 rings (SSSR count). The molecule has 5 heteroatoms. The quantitative estimate of drug-likeness (QED) is 0.767. The van der Waals surface area contributed by atoms with Gasteiger partial charge in [-0.25, -0.2) is 9.97 Å². The van der Waals surface area contributed by atoms with Crippen molar-refractivity contribution in [2.75, 3.05) is 11.9 Å². The summed E-state index contributed by atoms with van der Waals surface area (Å²) in [5, 5.41) is 12.0. The van der Waals surface area contributed by atoms with E-state index < -0.39 is 0 Å². The largest absolute Gasteiger partial charge is 0.475 e. The molecule has 1 unspecified atom stereocenters. The van der Waals surface area contributed by atoms with Crippen molar-refractivity contribution >= 4 is 5.82 Å². The Bertz CT molecular complexity index is 318. The summed E-state index contributed by atoms with van der Waals surface area (Å²) < 4.78 is 5.46. The minimum absolute atomic E-state index is 0.0950. The summed E-state index contributed by atoms with van der Waals surface area (Å²) in [5.41, 5.74) is 0. The van der Waals surface area contributed by atoms with Crippen molar-refractivity contribution < 1.29 is 9.84 Å². The Hall–Kier alpha value is -1.36. The van der Waals surface area contributed by atoms with Crippen molar-refractivity contribution in [3.8, 4) is 5.88 Å². The SMILES string of the molecule is CC(CCO)Nc1cc(OC(C)C)ncn1. The normalized spacial score (nSPS) is 12.6. The molecule has 0 aliphatic rings. The molecule has 0 radical (unpaired) electrons. The third kappa shape index (κ3) is 4.44. The lowest BCUT2D eigenvalue weighted by Gasteiger charge is -2.14. The van der Waals surface area contributed by atoms with Crippen LogP contribution in [-0.2, 0) is 0 Å². The number of nitrogens with one attached hydrogen (secondary N) is 1. The summed E-state index contributed by atoms with van der Waals surface area (Å²) in [5.74, 6) is 1.27. The van der Waals surface area contributed by atoms with E-state index >= 15 is 0 Å². The van der Waals surface area contributed by atoms with E-state index in [1.807, 2.05) is 20.8 Å². The van der Waals surface area contributed by atoms with Crippen LogP contribution < -0.4 is 10.1 Å². The third-order valence-corrected chi connectivity index (χ3v) is 1.95. The fraction of sp³-hybridized carbons (Fsp3) is 0.636. The topological polar surface area (TPSA) is 67.3 Å². The van der Waals surface area contributed by atoms with Crippen LogP contribution in [0.2, 0.25) is 0 Å². The van der Waals surface area contributed by atoms with Gasteiger partial charge in [0.1, 0.15) is 12.1 Å². The van der Waals surface area contributed by atoms with Crippen molar-refractivity contribution in [3.05, 3.63) is 12.4 Å². The molecule has 1 atom stereocenters. The number of ether oxygens (including phenoxy) is 1. The minimum Gasteiger partial charge on any atom is -0.475 e. The lowest BCUT2D eigenvalue weighted by atomic mass is 10.2. The molecule has 16 heavy (non-hydrogen) atoms. The fourth-order valence-electron chi connectivity index (χ4n) is 1.24. The van der Waals surface area contributed by atoms with Crippen LogP contribution in [0.4, 0.5) is 5.82 Å². The van der Waals surface area contributed by atoms with E-state index in [-0.39, 0.29) is 18.8 Å². The van der Waals surface area contributed by atoms with Gasteiger partial charge < -0.3 is 15.2 Å². The van der Waals surface area contributed by atoms with Gasteiger partial charge in [0, 0.05) is 18.7 Å². The Labute approximate surface area is 95.9 Å². The fourth-order valence-corrected chi connectivity index (χ4v) is 1.24. The van der Waals surface area contributed by atoms with Crippen LogP contribution in [0.25, 0.3) is 0 Å². The Morgan fingerprint density at radius 2 is 2.12 bits per heavy atom. The molecule has 0 aromatic carbocycles. The standard InChI is InChI=1S/C11H19N3O2/c1-8(2)16-11-6-10(12-7-13-11)14-9(3)4-5-15/h6-9,15H,4-5H2,1-3H3,(H,12,13,14). The van der Waals surface area contributed by atoms with Gasteiger partial charge >= 0.3 is 0 Å². The summed E-state index contributed by atoms with van der Waals surface area (Å²) >= 11 is 0. The van der Waals surface area contributed by atoms with Crippen LogP contribution in [0, 0.1) is 0 Å². The average Bonchev–Trinajstić information content (AvgIpc) is 2.17. The van der Waals surface area contributed by atoms with Crippen LogP contribution in [0.5, 0.6) is 5.88 Å². The van der Waals surface area contributed by atoms with Gasteiger partial charge in [-0.2, -0.15) is 0 Å². The predicted octanol–water partition coefficient (Wildman–Crippen LogP) is 1.45. The number of aliphatic hydroxyl groups is 1. The van der Waals surface area contributed by atoms with Crippen molar-refractivity contribution in [1.29, 1.82) is 0 Å². The monoisotopic (exact) mass is 225 g/mol. The number of hydrogen-bond donors (Lipinski definition) is 2. The molecule has 90 valence electrons. The minimum atomic E-state index is 0.0950. The first kappa shape index (κ1) is 12.7. The molecule has 5 nitrogen and oxygen atoms in total. The Morgan fingerprint density at radius 1 is 1.38 bits per heavy atom. The summed E-state index contributed by atoms with van der Waals surface area (Å²) in [7, 11) is 0. The second-order valence-corrected chi connectivity index (χ2v) is 3.97. The van der Waals surface area contributed by atoms with E-state index in [9.17, 15) is 0 Å². The van der Waals surface area contributed by atoms with Crippen molar-refractivity contribution in [2.45, 2.75) is 39.3 Å². The van der Waals surface area contributed by atoms with E-state index in [4.69, 9.17) is 9.84 Å². The molecule has 1 aromatic heterocycles. The zero-order valence-electron chi connectivity index (χ0n) is 9.97. The van der Waals surface area contributed by atoms with Crippen molar-refractivity contribution in [1.82, 2.24) is 9.97 Å². The summed E-state index contributed by atoms with van der Waals surface area (Å²) in [6, 6.07) is 1.93. The van der Waals surface area contributed by atoms with Gasteiger partial charge in [-0.15, -0.1) is 0 Å². The molecule has 2 N–H and O–H groups in total. The van der Waals surface area contributed by atoms with Gasteiger partial charge in [-0.1, -0.05) is 0 Å². The lowest BCUT2D eigenvalue weighted by Crippen LogP contribution is -2.17. The molecule has 0 spiro atoms. The maximum atomic E-state index is 8.79. The second kappa shape index (κ2) is 6.27. The van der Waals surface area contributed by atoms with Crippen LogP contribution in [-0.4, -0.2) is 33.8 Å². The van der Waals surface area contributed by atoms with Crippen LogP contribution in [0.15, 0.2) is 12.4 Å². The van der Waals surface area contributed by atoms with E-state index in [1.54, 1.807) is 6.07 Å². The van der Waals surface area contributed by atoms with E-state index in [2.05, 4.69) is 15.3 Å². The highest BCUT2D eigenvalue weighted by molar-refractivity contribution is 5.37. The Balaban J connectivity index is 2.59. The molecule has 1 aromatic rings. The number of aliphatic hydroxyl groups excluding tert-OH is 1. The molecule has 0 saturated carbocycles. The van der Waals surface area contributed by atoms with Crippen LogP contribution in [0.3, 0.4) is 0 Å². The average molecular weight is 225 g/mol. The Kier molecular flexibility index (Phi) is 4.98. The highest BCUT2D eigenvalue weighted by Gasteiger charge is 2.05. The highest BCUT2D eigenvalue weighted by Crippen LogP contribution is 2.13. The van der Waals surface area contributed by atoms with E-state index in [0.717, 1.165) is 0 Å². The molecule has 0 fully saturated rings. The van der Waals surface area contributed by atoms with Gasteiger partial charge in [0.15, 0.2) is 0 Å². The van der Waals surface area contributed by atoms with Gasteiger partial charge in [0.2, 0.25) is 5.88 Å². The molecule has 0 amide bonds. The van der Waals surface area contributed by atoms with Gasteiger partial charge in [0.05, 0.1) is 6.10 Å². The van der Waals surface area contributed by atoms with Crippen molar-refractivity contribution in [3.63, 3.8) is 0 Å². The van der Waals surface area contributed by atoms with Crippen LogP contribution in [0.1, 0.15) is 27.2 Å². The van der Waals surface area contributed by atoms with Gasteiger partial charge in [0.25, 0.3) is 0 Å². The van der Waals surface area contributed by atoms with Crippen molar-refractivity contribution in [2.24, 2.45) is 0 Å². The summed E-state index contributed by atoms with van der Waals surface area (Å²) in [4.78, 5) is 8.10. The first-order valence-corrected chi connectivity index (χ1v) is 5.48. The van der Waals surface area contributed by atoms with Gasteiger partial charge in [-0.3, -0.25) is 0 Å². The van der Waals surface area contributed by atoms with Crippen LogP contribution >= 0.6 is 0 Å². The lowest BCUT2D eigenvalue weighted by molar-refractivity contribution is 0.232. The number of aromatic nitrogens is 2. The molecular formula is C11H19N3O2. The summed E-state index contributed by atoms with van der Waals surface area (Å²) in [6.45, 7) is 6.04. The second-order valence-electron chi connectivity index (χ2n) is 3.97. The predicted molar refractivity (Wildman–Crippen MR) is 62.6 cm³/mol. The molecule has 0 saturated heterocycles. The molecule has 1 heterocycles. The maximum absolute atomic E-state index is 8.79.